The molecule has 9 heteroatoms. The number of aryl methyl sites for hydroxylation is 1. The van der Waals surface area contributed by atoms with Crippen molar-refractivity contribution >= 4 is 27.7 Å². The molecular formula is C29H36N4O4S. The number of hydrogen-bond acceptors (Lipinski definition) is 4. The molecule has 3 rings (SSSR count). The van der Waals surface area contributed by atoms with Gasteiger partial charge in [-0.1, -0.05) is 78.4 Å². The van der Waals surface area contributed by atoms with Crippen LogP contribution in [0.15, 0.2) is 84.9 Å². The van der Waals surface area contributed by atoms with Gasteiger partial charge in [0.25, 0.3) is 0 Å². The number of rotatable bonds is 12. The number of hydrogen-bond donors (Lipinski definition) is 1. The summed E-state index contributed by atoms with van der Waals surface area (Å²) in [4.78, 5) is 28.9. The smallest absolute Gasteiger partial charge is 0.304 e. The minimum Gasteiger partial charge on any atom is -0.355 e. The Labute approximate surface area is 226 Å². The van der Waals surface area contributed by atoms with E-state index in [0.717, 1.165) is 25.3 Å². The Morgan fingerprint density at radius 2 is 1.47 bits per heavy atom. The minimum absolute atomic E-state index is 0.153. The Kier molecular flexibility index (Phi) is 10.0. The first-order chi connectivity index (χ1) is 18.1. The van der Waals surface area contributed by atoms with E-state index in [1.807, 2.05) is 68.4 Å². The van der Waals surface area contributed by atoms with Crippen LogP contribution in [0.5, 0.6) is 0 Å². The van der Waals surface area contributed by atoms with Crippen molar-refractivity contribution < 1.29 is 18.0 Å². The number of carbonyl (C=O) groups excluding carboxylic acids is 2. The molecule has 202 valence electrons. The average Bonchev–Trinajstić information content (AvgIpc) is 2.90. The highest BCUT2D eigenvalue weighted by molar-refractivity contribution is 7.90. The van der Waals surface area contributed by atoms with E-state index in [4.69, 9.17) is 0 Å². The molecule has 3 aromatic rings. The molecule has 0 fully saturated rings. The number of amides is 2. The van der Waals surface area contributed by atoms with Crippen LogP contribution >= 0.6 is 0 Å². The van der Waals surface area contributed by atoms with Gasteiger partial charge in [0.15, 0.2) is 0 Å². The molecule has 0 saturated heterocycles. The summed E-state index contributed by atoms with van der Waals surface area (Å²) in [5.74, 6) is -0.771. The predicted octanol–water partition coefficient (Wildman–Crippen LogP) is 3.38. The molecule has 0 aromatic heterocycles. The predicted molar refractivity (Wildman–Crippen MR) is 151 cm³/mol. The van der Waals surface area contributed by atoms with Gasteiger partial charge in [-0.3, -0.25) is 9.59 Å². The topological polar surface area (TPSA) is 90.0 Å². The van der Waals surface area contributed by atoms with E-state index >= 15 is 0 Å². The van der Waals surface area contributed by atoms with E-state index in [2.05, 4.69) is 5.32 Å². The molecule has 0 radical (unpaired) electrons. The van der Waals surface area contributed by atoms with Crippen molar-refractivity contribution in [3.63, 3.8) is 0 Å². The lowest BCUT2D eigenvalue weighted by Crippen LogP contribution is -2.54. The standard InChI is InChI=1S/C29H36N4O4S/c1-5-30-29(35)27(20-24-14-8-6-9-15-24)32(21-25-16-12-13-23(2)19-25)28(34)22-33(38(36,37)31(3)4)26-17-10-7-11-18-26/h6-19,27H,5,20-22H2,1-4H3,(H,30,35). The monoisotopic (exact) mass is 536 g/mol. The lowest BCUT2D eigenvalue weighted by atomic mass is 10.0. The van der Waals surface area contributed by atoms with Crippen molar-refractivity contribution in [2.24, 2.45) is 0 Å². The molecule has 38 heavy (non-hydrogen) atoms. The fourth-order valence-corrected chi connectivity index (χ4v) is 5.22. The molecule has 0 spiro atoms. The molecule has 0 aliphatic heterocycles. The number of anilines is 1. The van der Waals surface area contributed by atoms with Crippen molar-refractivity contribution in [3.05, 3.63) is 102 Å². The lowest BCUT2D eigenvalue weighted by Gasteiger charge is -2.34. The van der Waals surface area contributed by atoms with Crippen LogP contribution in [0.1, 0.15) is 23.6 Å². The second-order valence-corrected chi connectivity index (χ2v) is 11.3. The third-order valence-electron chi connectivity index (χ3n) is 6.12. The molecule has 0 saturated carbocycles. The number of carbonyl (C=O) groups is 2. The lowest BCUT2D eigenvalue weighted by molar-refractivity contribution is -0.140. The van der Waals surface area contributed by atoms with Crippen molar-refractivity contribution in [2.75, 3.05) is 31.5 Å². The minimum atomic E-state index is -4.00. The molecule has 0 aliphatic rings. The summed E-state index contributed by atoms with van der Waals surface area (Å²) in [7, 11) is -1.15. The highest BCUT2D eigenvalue weighted by Gasteiger charge is 2.34. The van der Waals surface area contributed by atoms with Gasteiger partial charge in [-0.05, 0) is 37.1 Å². The average molecular weight is 537 g/mol. The van der Waals surface area contributed by atoms with Crippen LogP contribution in [0.25, 0.3) is 0 Å². The highest BCUT2D eigenvalue weighted by atomic mass is 32.2. The second-order valence-electron chi connectivity index (χ2n) is 9.24. The van der Waals surface area contributed by atoms with Crippen LogP contribution in [0.3, 0.4) is 0 Å². The molecule has 2 amide bonds. The Hall–Kier alpha value is -3.69. The first-order valence-electron chi connectivity index (χ1n) is 12.6. The van der Waals surface area contributed by atoms with E-state index in [9.17, 15) is 18.0 Å². The highest BCUT2D eigenvalue weighted by Crippen LogP contribution is 2.21. The third-order valence-corrected chi connectivity index (χ3v) is 7.94. The van der Waals surface area contributed by atoms with Crippen LogP contribution in [-0.4, -0.2) is 62.7 Å². The summed E-state index contributed by atoms with van der Waals surface area (Å²) in [5, 5.41) is 2.86. The number of benzene rings is 3. The maximum atomic E-state index is 14.0. The number of para-hydroxylation sites is 1. The molecular weight excluding hydrogens is 500 g/mol. The fourth-order valence-electron chi connectivity index (χ4n) is 4.16. The van der Waals surface area contributed by atoms with E-state index in [-0.39, 0.29) is 18.9 Å². The van der Waals surface area contributed by atoms with Crippen LogP contribution < -0.4 is 9.62 Å². The molecule has 0 aliphatic carbocycles. The Morgan fingerprint density at radius 3 is 2.05 bits per heavy atom. The van der Waals surface area contributed by atoms with Gasteiger partial charge in [0.1, 0.15) is 12.6 Å². The Morgan fingerprint density at radius 1 is 0.868 bits per heavy atom. The summed E-state index contributed by atoms with van der Waals surface area (Å²) < 4.78 is 28.7. The third kappa shape index (κ3) is 7.43. The Balaban J connectivity index is 2.06. The molecule has 3 aromatic carbocycles. The normalized spacial score (nSPS) is 12.1. The quantitative estimate of drug-likeness (QED) is 0.384. The molecule has 0 bridgehead atoms. The Bertz CT molecular complexity index is 1310. The molecule has 1 N–H and O–H groups in total. The van der Waals surface area contributed by atoms with E-state index in [0.29, 0.717) is 12.2 Å². The van der Waals surface area contributed by atoms with Gasteiger partial charge in [0, 0.05) is 33.6 Å². The zero-order chi connectivity index (χ0) is 27.7. The van der Waals surface area contributed by atoms with Crippen LogP contribution in [0.4, 0.5) is 5.69 Å². The molecule has 1 atom stereocenters. The fraction of sp³-hybridized carbons (Fsp3) is 0.310. The maximum Gasteiger partial charge on any atom is 0.304 e. The van der Waals surface area contributed by atoms with Crippen molar-refractivity contribution in [1.82, 2.24) is 14.5 Å². The van der Waals surface area contributed by atoms with Gasteiger partial charge in [-0.15, -0.1) is 0 Å². The first kappa shape index (κ1) is 28.9. The first-order valence-corrected chi connectivity index (χ1v) is 13.9. The van der Waals surface area contributed by atoms with E-state index in [1.54, 1.807) is 30.3 Å². The van der Waals surface area contributed by atoms with Crippen molar-refractivity contribution in [1.29, 1.82) is 0 Å². The molecule has 0 heterocycles. The summed E-state index contributed by atoms with van der Waals surface area (Å²) in [5.41, 5.74) is 3.13. The van der Waals surface area contributed by atoms with Gasteiger partial charge < -0.3 is 10.2 Å². The summed E-state index contributed by atoms with van der Waals surface area (Å²) >= 11 is 0. The largest absolute Gasteiger partial charge is 0.355 e. The van der Waals surface area contributed by atoms with Gasteiger partial charge in [-0.2, -0.15) is 12.7 Å². The second kappa shape index (κ2) is 13.2. The van der Waals surface area contributed by atoms with E-state index < -0.39 is 28.7 Å². The van der Waals surface area contributed by atoms with Crippen LogP contribution in [0.2, 0.25) is 0 Å². The van der Waals surface area contributed by atoms with Crippen LogP contribution in [-0.2, 0) is 32.8 Å². The van der Waals surface area contributed by atoms with Gasteiger partial charge in [0.2, 0.25) is 11.8 Å². The maximum absolute atomic E-state index is 14.0. The van der Waals surface area contributed by atoms with Gasteiger partial charge in [0.05, 0.1) is 5.69 Å². The SMILES string of the molecule is CCNC(=O)C(Cc1ccccc1)N(Cc1cccc(C)c1)C(=O)CN(c1ccccc1)S(=O)(=O)N(C)C. The zero-order valence-corrected chi connectivity index (χ0v) is 23.2. The number of nitrogens with one attached hydrogen (secondary N) is 1. The van der Waals surface area contributed by atoms with Crippen molar-refractivity contribution in [3.8, 4) is 0 Å². The summed E-state index contributed by atoms with van der Waals surface area (Å²) in [6.45, 7) is 3.88. The number of nitrogens with zero attached hydrogens (tertiary/aromatic N) is 3. The van der Waals surface area contributed by atoms with Crippen LogP contribution in [0, 0.1) is 6.92 Å². The summed E-state index contributed by atoms with van der Waals surface area (Å²) in [6, 6.07) is 24.9. The summed E-state index contributed by atoms with van der Waals surface area (Å²) in [6.07, 6.45) is 0.288. The zero-order valence-electron chi connectivity index (χ0n) is 22.4. The number of likely N-dealkylation sites (N-methyl/N-ethyl adjacent to an activating group) is 1. The molecule has 1 unspecified atom stereocenters. The van der Waals surface area contributed by atoms with Crippen molar-refractivity contribution in [2.45, 2.75) is 32.9 Å². The van der Waals surface area contributed by atoms with Gasteiger partial charge in [-0.25, -0.2) is 4.31 Å². The van der Waals surface area contributed by atoms with Gasteiger partial charge >= 0.3 is 10.2 Å². The van der Waals surface area contributed by atoms with E-state index in [1.165, 1.54) is 19.0 Å². The molecule has 8 nitrogen and oxygen atoms in total.